The van der Waals surface area contributed by atoms with E-state index in [-0.39, 0.29) is 11.3 Å². The van der Waals surface area contributed by atoms with E-state index in [2.05, 4.69) is 9.97 Å². The molecule has 2 aromatic heterocycles. The molecule has 2 N–H and O–H groups in total. The van der Waals surface area contributed by atoms with Crippen LogP contribution in [0.2, 0.25) is 0 Å². The first-order valence-electron chi connectivity index (χ1n) is 11.9. The fourth-order valence-corrected chi connectivity index (χ4v) is 4.50. The highest BCUT2D eigenvalue weighted by molar-refractivity contribution is 5.92. The topological polar surface area (TPSA) is 130 Å². The van der Waals surface area contributed by atoms with Gasteiger partial charge in [-0.1, -0.05) is 18.6 Å². The Morgan fingerprint density at radius 2 is 1.65 bits per heavy atom. The lowest BCUT2D eigenvalue weighted by Crippen LogP contribution is -2.35. The number of ether oxygens (including phenoxy) is 1. The number of likely N-dealkylation sites (tertiary alicyclic amines) is 1. The third-order valence-electron chi connectivity index (χ3n) is 6.28. The number of aryl methyl sites for hydroxylation is 1. The van der Waals surface area contributed by atoms with E-state index in [0.29, 0.717) is 24.8 Å². The fourth-order valence-electron chi connectivity index (χ4n) is 4.50. The number of hydrogen-bond acceptors (Lipinski definition) is 6. The van der Waals surface area contributed by atoms with Gasteiger partial charge in [0.1, 0.15) is 5.69 Å². The molecule has 9 nitrogen and oxygen atoms in total. The first-order valence-corrected chi connectivity index (χ1v) is 11.9. The average Bonchev–Trinajstić information content (AvgIpc) is 3.41. The molecule has 15 heteroatoms. The number of hydrogen-bond donors (Lipinski definition) is 2. The molecule has 2 aliphatic rings. The Labute approximate surface area is 224 Å². The minimum atomic E-state index is -5.08. The predicted octanol–water partition coefficient (Wildman–Crippen LogP) is 4.51. The molecule has 1 amide bonds. The van der Waals surface area contributed by atoms with Crippen LogP contribution in [0, 0.1) is 18.3 Å². The van der Waals surface area contributed by atoms with Crippen LogP contribution in [0.4, 0.5) is 26.3 Å². The van der Waals surface area contributed by atoms with Crippen molar-refractivity contribution >= 4 is 17.8 Å². The van der Waals surface area contributed by atoms with Crippen molar-refractivity contribution in [1.29, 1.82) is 0 Å². The van der Waals surface area contributed by atoms with Crippen LogP contribution in [0.25, 0.3) is 0 Å². The Kier molecular flexibility index (Phi) is 11.0. The molecule has 0 aromatic carbocycles. The third-order valence-corrected chi connectivity index (χ3v) is 6.28. The van der Waals surface area contributed by atoms with Crippen LogP contribution in [-0.2, 0) is 20.9 Å². The summed E-state index contributed by atoms with van der Waals surface area (Å²) in [5, 5.41) is 14.2. The molecule has 220 valence electrons. The summed E-state index contributed by atoms with van der Waals surface area (Å²) in [5.74, 6) is -4.94. The van der Waals surface area contributed by atoms with Crippen LogP contribution >= 0.6 is 0 Å². The van der Waals surface area contributed by atoms with Gasteiger partial charge in [0.15, 0.2) is 0 Å². The summed E-state index contributed by atoms with van der Waals surface area (Å²) in [7, 11) is 0. The predicted molar refractivity (Wildman–Crippen MR) is 126 cm³/mol. The first kappa shape index (κ1) is 32.5. The van der Waals surface area contributed by atoms with E-state index in [1.54, 1.807) is 12.3 Å². The lowest BCUT2D eigenvalue weighted by molar-refractivity contribution is -0.193. The van der Waals surface area contributed by atoms with Gasteiger partial charge in [0.2, 0.25) is 0 Å². The zero-order chi connectivity index (χ0) is 30.1. The van der Waals surface area contributed by atoms with Crippen molar-refractivity contribution in [2.24, 2.45) is 11.3 Å². The van der Waals surface area contributed by atoms with E-state index in [0.717, 1.165) is 30.9 Å². The molecule has 2 aromatic rings. The molecule has 3 heterocycles. The highest BCUT2D eigenvalue weighted by Gasteiger charge is 2.51. The molecule has 1 saturated heterocycles. The van der Waals surface area contributed by atoms with E-state index >= 15 is 0 Å². The third kappa shape index (κ3) is 9.47. The average molecular weight is 579 g/mol. The lowest BCUT2D eigenvalue weighted by Gasteiger charge is -2.28. The number of pyridine rings is 2. The van der Waals surface area contributed by atoms with Crippen molar-refractivity contribution in [1.82, 2.24) is 14.9 Å². The van der Waals surface area contributed by atoms with Gasteiger partial charge >= 0.3 is 24.3 Å². The zero-order valence-corrected chi connectivity index (χ0v) is 21.2. The lowest BCUT2D eigenvalue weighted by atomic mass is 9.81. The van der Waals surface area contributed by atoms with Gasteiger partial charge in [0.25, 0.3) is 5.91 Å². The quantitative estimate of drug-likeness (QED) is 0.495. The molecular formula is C25H27F6N3O6. The van der Waals surface area contributed by atoms with Crippen molar-refractivity contribution in [2.75, 3.05) is 19.7 Å². The molecule has 1 aliphatic heterocycles. The van der Waals surface area contributed by atoms with Gasteiger partial charge in [-0.3, -0.25) is 14.8 Å². The van der Waals surface area contributed by atoms with Gasteiger partial charge in [-0.15, -0.1) is 0 Å². The molecule has 1 aliphatic carbocycles. The van der Waals surface area contributed by atoms with Crippen molar-refractivity contribution in [3.8, 4) is 0 Å². The van der Waals surface area contributed by atoms with Crippen LogP contribution in [0.5, 0.6) is 0 Å². The highest BCUT2D eigenvalue weighted by atomic mass is 19.4. The first-order chi connectivity index (χ1) is 18.5. The van der Waals surface area contributed by atoms with Gasteiger partial charge in [-0.2, -0.15) is 26.3 Å². The Hall–Kier alpha value is -3.75. The molecule has 40 heavy (non-hydrogen) atoms. The van der Waals surface area contributed by atoms with E-state index in [9.17, 15) is 31.1 Å². The van der Waals surface area contributed by atoms with Gasteiger partial charge in [-0.25, -0.2) is 9.59 Å². The van der Waals surface area contributed by atoms with Crippen molar-refractivity contribution in [3.05, 3.63) is 59.7 Å². The number of rotatable bonds is 5. The molecule has 0 unspecified atom stereocenters. The van der Waals surface area contributed by atoms with Crippen LogP contribution in [0.3, 0.4) is 0 Å². The maximum atomic E-state index is 12.8. The number of halogens is 6. The number of nitrogens with zero attached hydrogens (tertiary/aromatic N) is 3. The van der Waals surface area contributed by atoms with Crippen LogP contribution < -0.4 is 0 Å². The highest BCUT2D eigenvalue weighted by Crippen LogP contribution is 2.49. The van der Waals surface area contributed by atoms with E-state index < -0.39 is 24.3 Å². The molecule has 0 spiro atoms. The maximum Gasteiger partial charge on any atom is 0.490 e. The number of fused-ring (bicyclic) bond motifs is 1. The van der Waals surface area contributed by atoms with Gasteiger partial charge in [-0.05, 0) is 49.9 Å². The Balaban J connectivity index is 0.000000333. The zero-order valence-electron chi connectivity index (χ0n) is 21.2. The summed E-state index contributed by atoms with van der Waals surface area (Å²) >= 11 is 0. The molecule has 0 bridgehead atoms. The smallest absolute Gasteiger partial charge is 0.475 e. The second kappa shape index (κ2) is 13.5. The van der Waals surface area contributed by atoms with E-state index in [1.807, 2.05) is 42.2 Å². The Morgan fingerprint density at radius 3 is 2.17 bits per heavy atom. The van der Waals surface area contributed by atoms with Gasteiger partial charge in [0.05, 0.1) is 18.9 Å². The second-order valence-corrected chi connectivity index (χ2v) is 9.22. The Morgan fingerprint density at radius 1 is 1.02 bits per heavy atom. The summed E-state index contributed by atoms with van der Waals surface area (Å²) in [6.45, 7) is 4.81. The molecule has 2 atom stereocenters. The summed E-state index contributed by atoms with van der Waals surface area (Å²) < 4.78 is 69.6. The van der Waals surface area contributed by atoms with Crippen LogP contribution in [0.15, 0.2) is 42.6 Å². The van der Waals surface area contributed by atoms with Crippen molar-refractivity contribution in [3.63, 3.8) is 0 Å². The summed E-state index contributed by atoms with van der Waals surface area (Å²) in [6.07, 6.45) is -4.96. The van der Waals surface area contributed by atoms with Gasteiger partial charge < -0.3 is 19.8 Å². The maximum absolute atomic E-state index is 12.8. The number of carbonyl (C=O) groups excluding carboxylic acids is 1. The SMILES string of the molecule is Cc1cccc(COC[C@@]23CCC[C@@H]2CN(C(=O)c2ccccn2)C3)n1.O=C(O)C(F)(F)F.O=C(O)C(F)(F)F. The summed E-state index contributed by atoms with van der Waals surface area (Å²) in [6, 6.07) is 11.5. The molecule has 1 saturated carbocycles. The van der Waals surface area contributed by atoms with Crippen molar-refractivity contribution < 1.29 is 55.7 Å². The molecule has 2 fully saturated rings. The number of carbonyl (C=O) groups is 3. The minimum absolute atomic E-state index is 0.0414. The van der Waals surface area contributed by atoms with Crippen molar-refractivity contribution in [2.45, 2.75) is 45.1 Å². The fraction of sp³-hybridized carbons (Fsp3) is 0.480. The number of carboxylic acids is 2. The number of amides is 1. The Bertz CT molecular complexity index is 1140. The standard InChI is InChI=1S/C21H25N3O2.2C2HF3O2/c1-16-6-4-8-18(23-16)13-26-15-21-10-5-7-17(21)12-24(14-21)20(25)19-9-2-3-11-22-19;2*3-2(4,5)1(6)7/h2-4,6,8-9,11,17H,5,7,10,12-15H2,1H3;2*(H,6,7)/t17-,21+;;/m1../s1. The molecule has 4 rings (SSSR count). The molecular weight excluding hydrogens is 552 g/mol. The summed E-state index contributed by atoms with van der Waals surface area (Å²) in [5.41, 5.74) is 2.60. The number of aliphatic carboxylic acids is 2. The normalized spacial score (nSPS) is 20.0. The van der Waals surface area contributed by atoms with Crippen LogP contribution in [-0.4, -0.2) is 75.0 Å². The number of carboxylic acid groups (broad SMARTS) is 2. The summed E-state index contributed by atoms with van der Waals surface area (Å²) in [4.78, 5) is 41.3. The molecule has 0 radical (unpaired) electrons. The van der Waals surface area contributed by atoms with Crippen LogP contribution in [0.1, 0.15) is 41.1 Å². The number of aromatic nitrogens is 2. The number of alkyl halides is 6. The van der Waals surface area contributed by atoms with E-state index in [4.69, 9.17) is 24.5 Å². The van der Waals surface area contributed by atoms with Gasteiger partial charge in [0, 0.05) is 30.4 Å². The van der Waals surface area contributed by atoms with E-state index in [1.165, 1.54) is 12.8 Å². The monoisotopic (exact) mass is 579 g/mol. The largest absolute Gasteiger partial charge is 0.490 e. The second-order valence-electron chi connectivity index (χ2n) is 9.22. The minimum Gasteiger partial charge on any atom is -0.475 e.